The second kappa shape index (κ2) is 9.13. The van der Waals surface area contributed by atoms with E-state index in [1.165, 1.54) is 37.1 Å². The Morgan fingerprint density at radius 1 is 0.914 bits per heavy atom. The molecule has 7 heteroatoms. The first-order valence-corrected chi connectivity index (χ1v) is 12.4. The van der Waals surface area contributed by atoms with Gasteiger partial charge in [0.15, 0.2) is 0 Å². The van der Waals surface area contributed by atoms with Crippen LogP contribution in [-0.4, -0.2) is 27.6 Å². The molecular formula is C28H28FN5O. The SMILES string of the molecule is O=c1ccc2cnc(Nc3ccc(N4CCCCC4)cc3)nc2n1C(c1ccc(F)cc1)C1CC1. The van der Waals surface area contributed by atoms with Gasteiger partial charge in [0.05, 0.1) is 6.04 Å². The van der Waals surface area contributed by atoms with Crippen LogP contribution < -0.4 is 15.8 Å². The van der Waals surface area contributed by atoms with Crippen LogP contribution in [0.25, 0.3) is 11.0 Å². The summed E-state index contributed by atoms with van der Waals surface area (Å²) in [5.74, 6) is 0.488. The van der Waals surface area contributed by atoms with Gasteiger partial charge in [-0.1, -0.05) is 12.1 Å². The lowest BCUT2D eigenvalue weighted by molar-refractivity contribution is 0.515. The first-order valence-electron chi connectivity index (χ1n) is 12.4. The third-order valence-corrected chi connectivity index (χ3v) is 7.07. The highest BCUT2D eigenvalue weighted by atomic mass is 19.1. The van der Waals surface area contributed by atoms with Crippen molar-refractivity contribution in [3.63, 3.8) is 0 Å². The largest absolute Gasteiger partial charge is 0.372 e. The van der Waals surface area contributed by atoms with Crippen molar-refractivity contribution >= 4 is 28.4 Å². The van der Waals surface area contributed by atoms with Gasteiger partial charge in [-0.2, -0.15) is 4.98 Å². The van der Waals surface area contributed by atoms with Crippen molar-refractivity contribution in [3.05, 3.63) is 88.6 Å². The van der Waals surface area contributed by atoms with E-state index in [0.717, 1.165) is 42.6 Å². The van der Waals surface area contributed by atoms with Crippen molar-refractivity contribution in [2.24, 2.45) is 5.92 Å². The molecule has 2 aromatic carbocycles. The molecule has 2 aromatic heterocycles. The fourth-order valence-corrected chi connectivity index (χ4v) is 5.11. The van der Waals surface area contributed by atoms with E-state index in [1.807, 2.05) is 12.1 Å². The Morgan fingerprint density at radius 2 is 1.66 bits per heavy atom. The summed E-state index contributed by atoms with van der Waals surface area (Å²) in [6, 6.07) is 17.9. The average Bonchev–Trinajstić information content (AvgIpc) is 3.73. The zero-order valence-corrected chi connectivity index (χ0v) is 19.5. The Morgan fingerprint density at radius 3 is 2.37 bits per heavy atom. The molecule has 1 unspecified atom stereocenters. The molecule has 0 bridgehead atoms. The van der Waals surface area contributed by atoms with Gasteiger partial charge in [0.2, 0.25) is 5.95 Å². The van der Waals surface area contributed by atoms with Gasteiger partial charge in [-0.05, 0) is 86.1 Å². The maximum Gasteiger partial charge on any atom is 0.252 e. The van der Waals surface area contributed by atoms with Crippen molar-refractivity contribution in [3.8, 4) is 0 Å². The molecule has 1 saturated heterocycles. The number of nitrogens with zero attached hydrogens (tertiary/aromatic N) is 4. The number of pyridine rings is 1. The highest BCUT2D eigenvalue weighted by molar-refractivity contribution is 5.76. The molecule has 1 aliphatic carbocycles. The smallest absolute Gasteiger partial charge is 0.252 e. The van der Waals surface area contributed by atoms with Crippen LogP contribution in [0.15, 0.2) is 71.7 Å². The molecule has 2 aliphatic rings. The maximum atomic E-state index is 13.6. The third-order valence-electron chi connectivity index (χ3n) is 7.07. The number of nitrogens with one attached hydrogen (secondary N) is 1. The fourth-order valence-electron chi connectivity index (χ4n) is 5.11. The van der Waals surface area contributed by atoms with Gasteiger partial charge in [0.25, 0.3) is 5.56 Å². The van der Waals surface area contributed by atoms with Gasteiger partial charge in [-0.25, -0.2) is 9.37 Å². The number of benzene rings is 2. The Kier molecular flexibility index (Phi) is 5.68. The van der Waals surface area contributed by atoms with Crippen molar-refractivity contribution in [1.29, 1.82) is 0 Å². The van der Waals surface area contributed by atoms with E-state index in [4.69, 9.17) is 4.98 Å². The lowest BCUT2D eigenvalue weighted by Crippen LogP contribution is -2.29. The number of rotatable bonds is 6. The Balaban J connectivity index is 1.34. The minimum atomic E-state index is -0.284. The van der Waals surface area contributed by atoms with Crippen LogP contribution in [0.2, 0.25) is 0 Å². The number of fused-ring (bicyclic) bond motifs is 1. The monoisotopic (exact) mass is 469 g/mol. The summed E-state index contributed by atoms with van der Waals surface area (Å²) in [5.41, 5.74) is 3.52. The minimum absolute atomic E-state index is 0.116. The molecule has 1 saturated carbocycles. The quantitative estimate of drug-likeness (QED) is 0.395. The van der Waals surface area contributed by atoms with Crippen LogP contribution in [0.5, 0.6) is 0 Å². The molecule has 2 fully saturated rings. The zero-order chi connectivity index (χ0) is 23.8. The van der Waals surface area contributed by atoms with Gasteiger partial charge < -0.3 is 10.2 Å². The van der Waals surface area contributed by atoms with Crippen molar-refractivity contribution in [1.82, 2.24) is 14.5 Å². The first kappa shape index (κ1) is 21.8. The molecule has 4 aromatic rings. The Hall–Kier alpha value is -3.74. The lowest BCUT2D eigenvalue weighted by Gasteiger charge is -2.28. The fraction of sp³-hybridized carbons (Fsp3) is 0.321. The summed E-state index contributed by atoms with van der Waals surface area (Å²) < 4.78 is 15.3. The Bertz CT molecular complexity index is 1390. The summed E-state index contributed by atoms with van der Waals surface area (Å²) >= 11 is 0. The molecule has 1 atom stereocenters. The van der Waals surface area contributed by atoms with E-state index in [-0.39, 0.29) is 17.4 Å². The second-order valence-electron chi connectivity index (χ2n) is 9.57. The number of aromatic nitrogens is 3. The van der Waals surface area contributed by atoms with E-state index in [0.29, 0.717) is 17.5 Å². The summed E-state index contributed by atoms with van der Waals surface area (Å²) in [7, 11) is 0. The number of hydrogen-bond donors (Lipinski definition) is 1. The normalized spacial score (nSPS) is 16.9. The molecule has 0 amide bonds. The molecule has 3 heterocycles. The van der Waals surface area contributed by atoms with Gasteiger partial charge in [-0.15, -0.1) is 0 Å². The number of halogens is 1. The zero-order valence-electron chi connectivity index (χ0n) is 19.5. The molecule has 1 N–H and O–H groups in total. The van der Waals surface area contributed by atoms with Gasteiger partial charge in [0, 0.05) is 42.1 Å². The molecule has 1 aliphatic heterocycles. The Labute approximate surface area is 203 Å². The topological polar surface area (TPSA) is 63.1 Å². The van der Waals surface area contributed by atoms with E-state index >= 15 is 0 Å². The van der Waals surface area contributed by atoms with Crippen molar-refractivity contribution < 1.29 is 4.39 Å². The van der Waals surface area contributed by atoms with Crippen LogP contribution >= 0.6 is 0 Å². The molecule has 6 nitrogen and oxygen atoms in total. The van der Waals surface area contributed by atoms with Crippen LogP contribution in [0.4, 0.5) is 21.7 Å². The minimum Gasteiger partial charge on any atom is -0.372 e. The van der Waals surface area contributed by atoms with E-state index in [9.17, 15) is 9.18 Å². The van der Waals surface area contributed by atoms with Gasteiger partial charge in [0.1, 0.15) is 11.5 Å². The third kappa shape index (κ3) is 4.50. The molecule has 6 rings (SSSR count). The second-order valence-corrected chi connectivity index (χ2v) is 9.57. The molecule has 0 spiro atoms. The van der Waals surface area contributed by atoms with Crippen LogP contribution in [0.3, 0.4) is 0 Å². The number of hydrogen-bond acceptors (Lipinski definition) is 5. The van der Waals surface area contributed by atoms with E-state index in [1.54, 1.807) is 35.0 Å². The van der Waals surface area contributed by atoms with Crippen LogP contribution in [0, 0.1) is 11.7 Å². The summed E-state index contributed by atoms with van der Waals surface area (Å²) in [6.07, 6.45) is 7.61. The predicted molar refractivity (Wildman–Crippen MR) is 137 cm³/mol. The van der Waals surface area contributed by atoms with Crippen molar-refractivity contribution in [2.45, 2.75) is 38.1 Å². The van der Waals surface area contributed by atoms with Crippen molar-refractivity contribution in [2.75, 3.05) is 23.3 Å². The number of piperidine rings is 1. The predicted octanol–water partition coefficient (Wildman–Crippen LogP) is 5.66. The van der Waals surface area contributed by atoms with E-state index in [2.05, 4.69) is 27.3 Å². The van der Waals surface area contributed by atoms with Crippen LogP contribution in [0.1, 0.15) is 43.7 Å². The molecule has 0 radical (unpaired) electrons. The maximum absolute atomic E-state index is 13.6. The van der Waals surface area contributed by atoms with Crippen LogP contribution in [-0.2, 0) is 0 Å². The summed E-state index contributed by atoms with van der Waals surface area (Å²) in [5, 5.41) is 4.09. The standard InChI is InChI=1S/C28H28FN5O/c29-22-9-6-20(7-10-22)26(19-4-5-19)34-25(35)15-8-21-18-30-28(32-27(21)34)31-23-11-13-24(14-12-23)33-16-2-1-3-17-33/h6-15,18-19,26H,1-5,16-17H2,(H,30,31,32). The molecule has 35 heavy (non-hydrogen) atoms. The molecule has 178 valence electrons. The molecular weight excluding hydrogens is 441 g/mol. The van der Waals surface area contributed by atoms with Gasteiger partial charge in [-0.3, -0.25) is 9.36 Å². The summed E-state index contributed by atoms with van der Waals surface area (Å²) in [6.45, 7) is 2.21. The highest BCUT2D eigenvalue weighted by Gasteiger charge is 2.35. The van der Waals surface area contributed by atoms with E-state index < -0.39 is 0 Å². The lowest BCUT2D eigenvalue weighted by atomic mass is 10.0. The number of anilines is 3. The highest BCUT2D eigenvalue weighted by Crippen LogP contribution is 2.43. The average molecular weight is 470 g/mol. The van der Waals surface area contributed by atoms with Gasteiger partial charge >= 0.3 is 0 Å². The summed E-state index contributed by atoms with van der Waals surface area (Å²) in [4.78, 5) is 24.8. The first-order chi connectivity index (χ1) is 17.2.